The highest BCUT2D eigenvalue weighted by atomic mass is 79.9. The van der Waals surface area contributed by atoms with Crippen LogP contribution in [-0.4, -0.2) is 36.3 Å². The number of methoxy groups -OCH3 is 2. The van der Waals surface area contributed by atoms with Gasteiger partial charge < -0.3 is 19.4 Å². The fourth-order valence-electron chi connectivity index (χ4n) is 3.31. The van der Waals surface area contributed by atoms with Crippen molar-refractivity contribution < 1.29 is 14.3 Å². The number of hydrazone groups is 1. The fourth-order valence-corrected chi connectivity index (χ4v) is 3.57. The molecule has 30 heavy (non-hydrogen) atoms. The molecule has 0 aliphatic rings. The first-order valence-electron chi connectivity index (χ1n) is 9.11. The Kier molecular flexibility index (Phi) is 5.58. The molecule has 0 spiro atoms. The number of hydrogen-bond acceptors (Lipinski definition) is 4. The molecule has 2 aromatic heterocycles. The molecule has 1 amide bonds. The van der Waals surface area contributed by atoms with Crippen LogP contribution in [0.5, 0.6) is 11.5 Å². The third kappa shape index (κ3) is 3.69. The summed E-state index contributed by atoms with van der Waals surface area (Å²) < 4.78 is 12.1. The summed E-state index contributed by atoms with van der Waals surface area (Å²) in [5.41, 5.74) is 6.20. The van der Waals surface area contributed by atoms with E-state index < -0.39 is 5.91 Å². The molecule has 0 unspecified atom stereocenters. The monoisotopic (exact) mass is 466 g/mol. The van der Waals surface area contributed by atoms with Gasteiger partial charge in [0.1, 0.15) is 17.1 Å². The number of nitrogens with zero attached hydrogens (tertiary/aromatic N) is 1. The number of fused-ring (bicyclic) bond motifs is 1. The molecular formula is C22H19BrN4O3. The number of carbonyl (C=O) groups is 1. The minimum Gasteiger partial charge on any atom is -0.496 e. The van der Waals surface area contributed by atoms with Gasteiger partial charge in [0.25, 0.3) is 5.91 Å². The number of nitrogens with one attached hydrogen (secondary N) is 3. The van der Waals surface area contributed by atoms with Crippen molar-refractivity contribution in [3.05, 3.63) is 70.6 Å². The molecule has 0 fully saturated rings. The van der Waals surface area contributed by atoms with Crippen LogP contribution in [0.3, 0.4) is 0 Å². The quantitative estimate of drug-likeness (QED) is 0.284. The normalized spacial score (nSPS) is 11.2. The lowest BCUT2D eigenvalue weighted by Gasteiger charge is -2.13. The number of aromatic nitrogens is 2. The molecule has 0 radical (unpaired) electrons. The van der Waals surface area contributed by atoms with E-state index in [2.05, 4.69) is 36.4 Å². The number of aromatic amines is 2. The highest BCUT2D eigenvalue weighted by Crippen LogP contribution is 2.41. The molecule has 0 bridgehead atoms. The van der Waals surface area contributed by atoms with Crippen LogP contribution in [0.4, 0.5) is 0 Å². The van der Waals surface area contributed by atoms with Gasteiger partial charge in [0.05, 0.1) is 37.0 Å². The van der Waals surface area contributed by atoms with Crippen molar-refractivity contribution in [2.45, 2.75) is 0 Å². The maximum Gasteiger partial charge on any atom is 0.277 e. The van der Waals surface area contributed by atoms with Crippen molar-refractivity contribution in [3.63, 3.8) is 0 Å². The van der Waals surface area contributed by atoms with E-state index in [4.69, 9.17) is 9.47 Å². The molecule has 7 nitrogen and oxygen atoms in total. The Balaban J connectivity index is 1.80. The topological polar surface area (TPSA) is 91.5 Å². The lowest BCUT2D eigenvalue weighted by atomic mass is 10.0. The van der Waals surface area contributed by atoms with Crippen LogP contribution in [0.25, 0.3) is 22.0 Å². The number of H-pyrrole nitrogens is 2. The molecule has 0 aliphatic carbocycles. The average molecular weight is 467 g/mol. The average Bonchev–Trinajstić information content (AvgIpc) is 3.43. The minimum absolute atomic E-state index is 0.347. The zero-order valence-corrected chi connectivity index (χ0v) is 17.9. The number of halogens is 1. The SMILES string of the molecule is COc1cc(OC)c2c(-c3ccc(Br)cc3)c[nH]c2c1C(=O)N/N=C/c1ccc[nH]1. The van der Waals surface area contributed by atoms with Gasteiger partial charge in [0.2, 0.25) is 0 Å². The first-order chi connectivity index (χ1) is 14.6. The maximum atomic E-state index is 13.0. The standard InChI is InChI=1S/C22H19BrN4O3/c1-29-17-10-18(30-2)20(22(28)27-26-11-15-4-3-9-24-15)21-19(17)16(12-25-21)13-5-7-14(23)8-6-13/h3-12,24-25H,1-2H3,(H,27,28)/b26-11+. The molecular weight excluding hydrogens is 448 g/mol. The highest BCUT2D eigenvalue weighted by Gasteiger charge is 2.23. The van der Waals surface area contributed by atoms with Crippen molar-refractivity contribution in [3.8, 4) is 22.6 Å². The Morgan fingerprint density at radius 2 is 1.87 bits per heavy atom. The van der Waals surface area contributed by atoms with Crippen LogP contribution in [-0.2, 0) is 0 Å². The largest absolute Gasteiger partial charge is 0.496 e. The predicted molar refractivity (Wildman–Crippen MR) is 120 cm³/mol. The van der Waals surface area contributed by atoms with Crippen molar-refractivity contribution >= 4 is 39.0 Å². The number of hydrogen-bond donors (Lipinski definition) is 3. The zero-order chi connectivity index (χ0) is 21.1. The van der Waals surface area contributed by atoms with E-state index in [0.717, 1.165) is 26.7 Å². The van der Waals surface area contributed by atoms with Gasteiger partial charge in [-0.3, -0.25) is 4.79 Å². The summed E-state index contributed by atoms with van der Waals surface area (Å²) >= 11 is 3.46. The van der Waals surface area contributed by atoms with Crippen molar-refractivity contribution in [1.82, 2.24) is 15.4 Å². The smallest absolute Gasteiger partial charge is 0.277 e. The first kappa shape index (κ1) is 19.8. The van der Waals surface area contributed by atoms with Gasteiger partial charge in [-0.15, -0.1) is 0 Å². The first-order valence-corrected chi connectivity index (χ1v) is 9.90. The summed E-state index contributed by atoms with van der Waals surface area (Å²) in [6.45, 7) is 0. The summed E-state index contributed by atoms with van der Waals surface area (Å²) in [5, 5.41) is 4.82. The number of benzene rings is 2. The van der Waals surface area contributed by atoms with E-state index in [0.29, 0.717) is 22.6 Å². The molecule has 8 heteroatoms. The van der Waals surface area contributed by atoms with E-state index in [1.54, 1.807) is 19.4 Å². The summed E-state index contributed by atoms with van der Waals surface area (Å²) in [5.74, 6) is 0.593. The lowest BCUT2D eigenvalue weighted by molar-refractivity contribution is 0.0953. The molecule has 0 aliphatic heterocycles. The van der Waals surface area contributed by atoms with Crippen LogP contribution in [0.1, 0.15) is 16.1 Å². The van der Waals surface area contributed by atoms with Gasteiger partial charge >= 0.3 is 0 Å². The second-order valence-corrected chi connectivity index (χ2v) is 7.36. The second kappa shape index (κ2) is 8.46. The Morgan fingerprint density at radius 3 is 2.53 bits per heavy atom. The van der Waals surface area contributed by atoms with Crippen LogP contribution in [0.15, 0.2) is 64.4 Å². The van der Waals surface area contributed by atoms with Crippen molar-refractivity contribution in [2.75, 3.05) is 14.2 Å². The summed E-state index contributed by atoms with van der Waals surface area (Å²) in [4.78, 5) is 19.2. The van der Waals surface area contributed by atoms with Crippen molar-refractivity contribution in [2.24, 2.45) is 5.10 Å². The molecule has 4 rings (SSSR count). The number of rotatable bonds is 6. The molecule has 4 aromatic rings. The molecule has 2 aromatic carbocycles. The van der Waals surface area contributed by atoms with E-state index in [-0.39, 0.29) is 0 Å². The number of ether oxygens (including phenoxy) is 2. The second-order valence-electron chi connectivity index (χ2n) is 6.44. The van der Waals surface area contributed by atoms with Gasteiger partial charge in [-0.25, -0.2) is 5.43 Å². The molecule has 0 atom stereocenters. The van der Waals surface area contributed by atoms with Gasteiger partial charge in [0.15, 0.2) is 0 Å². The highest BCUT2D eigenvalue weighted by molar-refractivity contribution is 9.10. The maximum absolute atomic E-state index is 13.0. The van der Waals surface area contributed by atoms with Gasteiger partial charge in [0, 0.05) is 28.5 Å². The molecule has 2 heterocycles. The van der Waals surface area contributed by atoms with Gasteiger partial charge in [-0.1, -0.05) is 28.1 Å². The minimum atomic E-state index is -0.397. The molecule has 3 N–H and O–H groups in total. The van der Waals surface area contributed by atoms with Crippen LogP contribution >= 0.6 is 15.9 Å². The Hall–Kier alpha value is -3.52. The van der Waals surface area contributed by atoms with Crippen LogP contribution in [0.2, 0.25) is 0 Å². The molecule has 0 saturated carbocycles. The van der Waals surface area contributed by atoms with Gasteiger partial charge in [-0.2, -0.15) is 5.10 Å². The Morgan fingerprint density at radius 1 is 1.10 bits per heavy atom. The van der Waals surface area contributed by atoms with E-state index in [1.807, 2.05) is 42.6 Å². The Labute approximate surface area is 181 Å². The van der Waals surface area contributed by atoms with E-state index in [9.17, 15) is 4.79 Å². The predicted octanol–water partition coefficient (Wildman–Crippen LogP) is 4.71. The van der Waals surface area contributed by atoms with Crippen molar-refractivity contribution in [1.29, 1.82) is 0 Å². The molecule has 152 valence electrons. The van der Waals surface area contributed by atoms with E-state index in [1.165, 1.54) is 13.3 Å². The van der Waals surface area contributed by atoms with Gasteiger partial charge in [-0.05, 0) is 29.8 Å². The number of amides is 1. The summed E-state index contributed by atoms with van der Waals surface area (Å²) in [6, 6.07) is 13.3. The number of carbonyl (C=O) groups excluding carboxylic acids is 1. The summed E-state index contributed by atoms with van der Waals surface area (Å²) in [6.07, 6.45) is 5.17. The third-order valence-electron chi connectivity index (χ3n) is 4.70. The zero-order valence-electron chi connectivity index (χ0n) is 16.3. The van der Waals surface area contributed by atoms with Crippen LogP contribution < -0.4 is 14.9 Å². The fraction of sp³-hybridized carbons (Fsp3) is 0.0909. The molecule has 0 saturated heterocycles. The summed E-state index contributed by atoms with van der Waals surface area (Å²) in [7, 11) is 3.10. The van der Waals surface area contributed by atoms with Crippen LogP contribution in [0, 0.1) is 0 Å². The lowest BCUT2D eigenvalue weighted by Crippen LogP contribution is -2.19. The Bertz CT molecular complexity index is 1210. The third-order valence-corrected chi connectivity index (χ3v) is 5.23. The van der Waals surface area contributed by atoms with E-state index >= 15 is 0 Å².